The average Bonchev–Trinajstić information content (AvgIpc) is 1.65. The zero-order valence-electron chi connectivity index (χ0n) is 3.98. The van der Waals surface area contributed by atoms with E-state index >= 15 is 0 Å². The number of alkyl halides is 1. The van der Waals surface area contributed by atoms with E-state index in [-0.39, 0.29) is 5.97 Å². The van der Waals surface area contributed by atoms with Crippen LogP contribution in [0.4, 0.5) is 0 Å². The van der Waals surface area contributed by atoms with Gasteiger partial charge in [0.15, 0.2) is 0 Å². The molecule has 1 radical (unpaired) electrons. The minimum atomic E-state index is -0.433. The Hall–Kier alpha value is -0.0500. The van der Waals surface area contributed by atoms with E-state index in [1.165, 1.54) is 7.11 Å². The minimum absolute atomic E-state index is 0.347. The SMILES string of the molecule is [CH2]C(Br)C(=O)OC. The highest BCUT2D eigenvalue weighted by molar-refractivity contribution is 9.10. The molecule has 0 fully saturated rings. The van der Waals surface area contributed by atoms with Crippen LogP contribution < -0.4 is 0 Å². The van der Waals surface area contributed by atoms with E-state index in [1.807, 2.05) is 0 Å². The lowest BCUT2D eigenvalue weighted by Crippen LogP contribution is -2.10. The van der Waals surface area contributed by atoms with E-state index < -0.39 is 4.83 Å². The molecule has 0 aliphatic rings. The molecular weight excluding hydrogens is 160 g/mol. The summed E-state index contributed by atoms with van der Waals surface area (Å²) in [5.74, 6) is -0.347. The molecule has 41 valence electrons. The normalized spacial score (nSPS) is 13.0. The molecule has 0 saturated carbocycles. The van der Waals surface area contributed by atoms with Crippen LogP contribution in [-0.4, -0.2) is 17.9 Å². The van der Waals surface area contributed by atoms with Gasteiger partial charge in [0.05, 0.1) is 7.11 Å². The first-order chi connectivity index (χ1) is 3.18. The van der Waals surface area contributed by atoms with Crippen LogP contribution in [0, 0.1) is 6.92 Å². The molecule has 0 aliphatic carbocycles. The van der Waals surface area contributed by atoms with E-state index in [0.717, 1.165) is 0 Å². The van der Waals surface area contributed by atoms with Crippen molar-refractivity contribution in [3.8, 4) is 0 Å². The highest BCUT2D eigenvalue weighted by atomic mass is 79.9. The van der Waals surface area contributed by atoms with Crippen LogP contribution in [0.15, 0.2) is 0 Å². The van der Waals surface area contributed by atoms with Crippen LogP contribution in [0.3, 0.4) is 0 Å². The maximum absolute atomic E-state index is 10.2. The zero-order valence-corrected chi connectivity index (χ0v) is 5.56. The largest absolute Gasteiger partial charge is 0.468 e. The van der Waals surface area contributed by atoms with Crippen molar-refractivity contribution in [2.75, 3.05) is 7.11 Å². The molecule has 0 bridgehead atoms. The standard InChI is InChI=1S/C4H6BrO2/c1-3(5)4(6)7-2/h3H,1H2,2H3. The monoisotopic (exact) mass is 165 g/mol. The van der Waals surface area contributed by atoms with Gasteiger partial charge in [-0.15, -0.1) is 0 Å². The van der Waals surface area contributed by atoms with Gasteiger partial charge in [0.1, 0.15) is 4.83 Å². The van der Waals surface area contributed by atoms with Crippen LogP contribution in [0.5, 0.6) is 0 Å². The number of methoxy groups -OCH3 is 1. The number of rotatable bonds is 1. The van der Waals surface area contributed by atoms with Crippen molar-refractivity contribution in [1.29, 1.82) is 0 Å². The maximum atomic E-state index is 10.2. The molecule has 0 aromatic carbocycles. The lowest BCUT2D eigenvalue weighted by Gasteiger charge is -1.96. The molecule has 3 heteroatoms. The number of halogens is 1. The predicted octanol–water partition coefficient (Wildman–Crippen LogP) is 0.757. The van der Waals surface area contributed by atoms with Crippen LogP contribution in [0.1, 0.15) is 0 Å². The van der Waals surface area contributed by atoms with Gasteiger partial charge in [-0.1, -0.05) is 15.9 Å². The quantitative estimate of drug-likeness (QED) is 0.424. The van der Waals surface area contributed by atoms with Crippen LogP contribution in [0.25, 0.3) is 0 Å². The maximum Gasteiger partial charge on any atom is 0.319 e. The fraction of sp³-hybridized carbons (Fsp3) is 0.500. The average molecular weight is 166 g/mol. The predicted molar refractivity (Wildman–Crippen MR) is 30.1 cm³/mol. The molecule has 1 atom stereocenters. The molecule has 0 spiro atoms. The van der Waals surface area contributed by atoms with Gasteiger partial charge in [-0.3, -0.25) is 4.79 Å². The van der Waals surface area contributed by atoms with Crippen LogP contribution in [0.2, 0.25) is 0 Å². The molecule has 0 N–H and O–H groups in total. The van der Waals surface area contributed by atoms with Crippen LogP contribution >= 0.6 is 15.9 Å². The number of hydrogen-bond donors (Lipinski definition) is 0. The fourth-order valence-corrected chi connectivity index (χ4v) is 0.315. The summed E-state index contributed by atoms with van der Waals surface area (Å²) >= 11 is 2.91. The first-order valence-corrected chi connectivity index (χ1v) is 2.65. The summed E-state index contributed by atoms with van der Waals surface area (Å²) in [7, 11) is 1.32. The van der Waals surface area contributed by atoms with Crippen molar-refractivity contribution >= 4 is 21.9 Å². The molecule has 0 aromatic heterocycles. The minimum Gasteiger partial charge on any atom is -0.468 e. The van der Waals surface area contributed by atoms with Gasteiger partial charge in [-0.05, 0) is 6.92 Å². The van der Waals surface area contributed by atoms with Crippen LogP contribution in [-0.2, 0) is 9.53 Å². The summed E-state index contributed by atoms with van der Waals surface area (Å²) < 4.78 is 4.26. The number of carbonyl (C=O) groups excluding carboxylic acids is 1. The molecule has 0 amide bonds. The second kappa shape index (κ2) is 3.02. The van der Waals surface area contributed by atoms with Crippen molar-refractivity contribution < 1.29 is 9.53 Å². The van der Waals surface area contributed by atoms with Gasteiger partial charge in [-0.25, -0.2) is 0 Å². The fourth-order valence-electron chi connectivity index (χ4n) is 0.128. The summed E-state index contributed by atoms with van der Waals surface area (Å²) in [5.41, 5.74) is 0. The second-order valence-corrected chi connectivity index (χ2v) is 2.10. The second-order valence-electron chi connectivity index (χ2n) is 0.991. The first-order valence-electron chi connectivity index (χ1n) is 1.73. The number of hydrogen-bond acceptors (Lipinski definition) is 2. The van der Waals surface area contributed by atoms with E-state index in [0.29, 0.717) is 0 Å². The van der Waals surface area contributed by atoms with E-state index in [4.69, 9.17) is 0 Å². The summed E-state index contributed by atoms with van der Waals surface area (Å²) in [6.07, 6.45) is 0. The third-order valence-electron chi connectivity index (χ3n) is 0.457. The van der Waals surface area contributed by atoms with E-state index in [2.05, 4.69) is 27.6 Å². The molecule has 0 aliphatic heterocycles. The number of esters is 1. The smallest absolute Gasteiger partial charge is 0.319 e. The Morgan fingerprint density at radius 2 is 2.43 bits per heavy atom. The molecule has 2 nitrogen and oxygen atoms in total. The van der Waals surface area contributed by atoms with Gasteiger partial charge in [-0.2, -0.15) is 0 Å². The third-order valence-corrected chi connectivity index (χ3v) is 0.831. The summed E-state index contributed by atoms with van der Waals surface area (Å²) in [5, 5.41) is 0. The van der Waals surface area contributed by atoms with E-state index in [1.54, 1.807) is 0 Å². The van der Waals surface area contributed by atoms with Gasteiger partial charge < -0.3 is 4.74 Å². The molecule has 0 heterocycles. The van der Waals surface area contributed by atoms with Gasteiger partial charge in [0.2, 0.25) is 0 Å². The Morgan fingerprint density at radius 3 is 2.43 bits per heavy atom. The number of carbonyl (C=O) groups is 1. The van der Waals surface area contributed by atoms with Gasteiger partial charge in [0, 0.05) is 0 Å². The van der Waals surface area contributed by atoms with E-state index in [9.17, 15) is 4.79 Å². The Balaban J connectivity index is 3.35. The molecule has 0 aromatic rings. The molecule has 7 heavy (non-hydrogen) atoms. The van der Waals surface area contributed by atoms with Gasteiger partial charge >= 0.3 is 5.97 Å². The zero-order chi connectivity index (χ0) is 5.86. The summed E-state index contributed by atoms with van der Waals surface area (Å²) in [4.78, 5) is 9.75. The molecule has 1 unspecified atom stereocenters. The Labute approximate surface area is 51.0 Å². The molecule has 0 rings (SSSR count). The Morgan fingerprint density at radius 1 is 2.00 bits per heavy atom. The highest BCUT2D eigenvalue weighted by Gasteiger charge is 2.05. The van der Waals surface area contributed by atoms with Crippen molar-refractivity contribution in [1.82, 2.24) is 0 Å². The van der Waals surface area contributed by atoms with Gasteiger partial charge in [0.25, 0.3) is 0 Å². The van der Waals surface area contributed by atoms with Crippen molar-refractivity contribution in [2.24, 2.45) is 0 Å². The van der Waals surface area contributed by atoms with Crippen molar-refractivity contribution in [3.05, 3.63) is 6.92 Å². The third kappa shape index (κ3) is 2.62. The summed E-state index contributed by atoms with van der Waals surface area (Å²) in [6.45, 7) is 3.35. The topological polar surface area (TPSA) is 26.3 Å². The Kier molecular flexibility index (Phi) is 3.00. The molecular formula is C4H6BrO2. The van der Waals surface area contributed by atoms with Crippen molar-refractivity contribution in [2.45, 2.75) is 4.83 Å². The Bertz CT molecular complexity index is 70.1. The van der Waals surface area contributed by atoms with Crippen molar-refractivity contribution in [3.63, 3.8) is 0 Å². The lowest BCUT2D eigenvalue weighted by molar-refractivity contribution is -0.138. The lowest BCUT2D eigenvalue weighted by atomic mass is 10.5. The first kappa shape index (κ1) is 6.95. The highest BCUT2D eigenvalue weighted by Crippen LogP contribution is 1.96. The number of ether oxygens (including phenoxy) is 1. The summed E-state index contributed by atoms with van der Waals surface area (Å²) in [6, 6.07) is 0. The molecule has 0 saturated heterocycles.